The Morgan fingerprint density at radius 3 is 1.50 bits per heavy atom. The van der Waals surface area contributed by atoms with E-state index in [-0.39, 0.29) is 0 Å². The first-order valence-electron chi connectivity index (χ1n) is 15.0. The van der Waals surface area contributed by atoms with Crippen molar-refractivity contribution in [3.63, 3.8) is 0 Å². The van der Waals surface area contributed by atoms with Crippen LogP contribution >= 0.6 is 0 Å². The zero-order valence-corrected chi connectivity index (χ0v) is 23.9. The molecule has 3 aromatic heterocycles. The minimum Gasteiger partial charge on any atom is -0.309 e. The molecule has 0 bridgehead atoms. The number of aromatic nitrogens is 3. The Balaban J connectivity index is 1.41. The third kappa shape index (κ3) is 3.73. The minimum absolute atomic E-state index is 0.905. The molecule has 0 fully saturated rings. The van der Waals surface area contributed by atoms with Gasteiger partial charge in [-0.1, -0.05) is 115 Å². The van der Waals surface area contributed by atoms with Crippen LogP contribution in [0.15, 0.2) is 164 Å². The first-order chi connectivity index (χ1) is 21.8. The van der Waals surface area contributed by atoms with Crippen molar-refractivity contribution in [3.05, 3.63) is 164 Å². The molecule has 0 aliphatic carbocycles. The molecule has 0 aliphatic rings. The van der Waals surface area contributed by atoms with Gasteiger partial charge in [0, 0.05) is 32.8 Å². The van der Waals surface area contributed by atoms with E-state index in [0.717, 1.165) is 39.4 Å². The molecule has 0 radical (unpaired) electrons. The lowest BCUT2D eigenvalue weighted by molar-refractivity contribution is 1.08. The van der Waals surface area contributed by atoms with E-state index in [4.69, 9.17) is 4.98 Å². The number of hydrogen-bond acceptors (Lipinski definition) is 1. The highest BCUT2D eigenvalue weighted by Crippen LogP contribution is 2.42. The van der Waals surface area contributed by atoms with Crippen LogP contribution in [0, 0.1) is 0 Å². The van der Waals surface area contributed by atoms with E-state index in [2.05, 4.69) is 173 Å². The Labute approximate surface area is 254 Å². The highest BCUT2D eigenvalue weighted by Gasteiger charge is 2.21. The van der Waals surface area contributed by atoms with E-state index in [1.807, 2.05) is 0 Å². The summed E-state index contributed by atoms with van der Waals surface area (Å²) in [5.41, 5.74) is 10.2. The lowest BCUT2D eigenvalue weighted by Gasteiger charge is -2.13. The van der Waals surface area contributed by atoms with Crippen LogP contribution in [0.5, 0.6) is 0 Å². The van der Waals surface area contributed by atoms with E-state index >= 15 is 0 Å². The van der Waals surface area contributed by atoms with Gasteiger partial charge in [-0.05, 0) is 59.7 Å². The molecule has 0 unspecified atom stereocenters. The fraction of sp³-hybridized carbons (Fsp3) is 0. The monoisotopic (exact) mass is 561 g/mol. The van der Waals surface area contributed by atoms with Crippen molar-refractivity contribution in [2.75, 3.05) is 0 Å². The zero-order valence-electron chi connectivity index (χ0n) is 23.9. The number of nitrogens with zero attached hydrogens (tertiary/aromatic N) is 3. The van der Waals surface area contributed by atoms with Gasteiger partial charge in [0.05, 0.1) is 27.8 Å². The number of benzene rings is 6. The minimum atomic E-state index is 0.905. The van der Waals surface area contributed by atoms with Gasteiger partial charge in [-0.15, -0.1) is 0 Å². The SMILES string of the molecule is c1ccc(-c2cc(-c3ccccc3)nc(-n3c4ccccc4c4c5c6ccccc6n(-c6ccccc6)c5ccc43)c2)cc1. The molecule has 6 aromatic carbocycles. The maximum atomic E-state index is 5.32. The normalized spacial score (nSPS) is 11.6. The molecule has 3 heterocycles. The standard InChI is InChI=1S/C41H27N3/c1-4-14-28(15-5-1)30-26-34(29-16-6-2-7-17-29)42-39(27-30)44-36-23-13-11-21-33(36)41-38(44)25-24-37-40(41)32-20-10-12-22-35(32)43(37)31-18-8-3-9-19-31/h1-27H. The second-order valence-electron chi connectivity index (χ2n) is 11.2. The van der Waals surface area contributed by atoms with Crippen molar-refractivity contribution in [3.8, 4) is 33.9 Å². The number of pyridine rings is 1. The van der Waals surface area contributed by atoms with Crippen LogP contribution in [-0.2, 0) is 0 Å². The van der Waals surface area contributed by atoms with Crippen molar-refractivity contribution in [2.45, 2.75) is 0 Å². The maximum absolute atomic E-state index is 5.32. The zero-order chi connectivity index (χ0) is 29.0. The summed E-state index contributed by atoms with van der Waals surface area (Å²) in [7, 11) is 0. The van der Waals surface area contributed by atoms with Crippen LogP contribution in [0.25, 0.3) is 77.5 Å². The highest BCUT2D eigenvalue weighted by molar-refractivity contribution is 6.28. The Hall–Kier alpha value is -5.93. The Bertz CT molecular complexity index is 2410. The second kappa shape index (κ2) is 9.82. The van der Waals surface area contributed by atoms with Crippen molar-refractivity contribution in [2.24, 2.45) is 0 Å². The lowest BCUT2D eigenvalue weighted by atomic mass is 10.0. The number of rotatable bonds is 4. The average Bonchev–Trinajstić information content (AvgIpc) is 3.62. The molecule has 0 N–H and O–H groups in total. The molecule has 0 saturated heterocycles. The van der Waals surface area contributed by atoms with Crippen LogP contribution in [0.1, 0.15) is 0 Å². The van der Waals surface area contributed by atoms with E-state index in [0.29, 0.717) is 0 Å². The third-order valence-corrected chi connectivity index (χ3v) is 8.70. The van der Waals surface area contributed by atoms with Crippen molar-refractivity contribution in [1.29, 1.82) is 0 Å². The molecule has 9 rings (SSSR count). The van der Waals surface area contributed by atoms with Gasteiger partial charge < -0.3 is 4.57 Å². The first-order valence-corrected chi connectivity index (χ1v) is 15.0. The Morgan fingerprint density at radius 2 is 0.864 bits per heavy atom. The summed E-state index contributed by atoms with van der Waals surface area (Å²) < 4.78 is 4.73. The summed E-state index contributed by atoms with van der Waals surface area (Å²) in [6.07, 6.45) is 0. The molecule has 3 nitrogen and oxygen atoms in total. The summed E-state index contributed by atoms with van der Waals surface area (Å²) in [5.74, 6) is 0.905. The second-order valence-corrected chi connectivity index (χ2v) is 11.2. The van der Waals surface area contributed by atoms with E-state index < -0.39 is 0 Å². The van der Waals surface area contributed by atoms with E-state index in [1.165, 1.54) is 38.1 Å². The van der Waals surface area contributed by atoms with Crippen molar-refractivity contribution in [1.82, 2.24) is 14.1 Å². The van der Waals surface area contributed by atoms with Crippen LogP contribution in [-0.4, -0.2) is 14.1 Å². The quantitative estimate of drug-likeness (QED) is 0.210. The highest BCUT2D eigenvalue weighted by atomic mass is 15.1. The van der Waals surface area contributed by atoms with Crippen molar-refractivity contribution < 1.29 is 0 Å². The molecule has 0 saturated carbocycles. The summed E-state index contributed by atoms with van der Waals surface area (Å²) >= 11 is 0. The molecule has 0 amide bonds. The number of para-hydroxylation sites is 3. The average molecular weight is 562 g/mol. The van der Waals surface area contributed by atoms with Crippen LogP contribution in [0.3, 0.4) is 0 Å². The van der Waals surface area contributed by atoms with Crippen LogP contribution in [0.2, 0.25) is 0 Å². The summed E-state index contributed by atoms with van der Waals surface area (Å²) in [4.78, 5) is 5.32. The van der Waals surface area contributed by atoms with Crippen LogP contribution in [0.4, 0.5) is 0 Å². The number of fused-ring (bicyclic) bond motifs is 7. The summed E-state index contributed by atoms with van der Waals surface area (Å²) in [5, 5.41) is 4.98. The molecular weight excluding hydrogens is 534 g/mol. The fourth-order valence-electron chi connectivity index (χ4n) is 6.80. The van der Waals surface area contributed by atoms with Crippen molar-refractivity contribution >= 4 is 43.6 Å². The molecule has 0 spiro atoms. The molecule has 44 heavy (non-hydrogen) atoms. The fourth-order valence-corrected chi connectivity index (χ4v) is 6.80. The van der Waals surface area contributed by atoms with E-state index in [1.54, 1.807) is 0 Å². The molecular formula is C41H27N3. The molecule has 206 valence electrons. The van der Waals surface area contributed by atoms with Gasteiger partial charge in [-0.3, -0.25) is 4.57 Å². The summed E-state index contributed by atoms with van der Waals surface area (Å²) in [6, 6.07) is 58.2. The van der Waals surface area contributed by atoms with Gasteiger partial charge in [0.1, 0.15) is 5.82 Å². The number of hydrogen-bond donors (Lipinski definition) is 0. The van der Waals surface area contributed by atoms with Gasteiger partial charge in [0.15, 0.2) is 0 Å². The molecule has 0 atom stereocenters. The third-order valence-electron chi connectivity index (χ3n) is 8.70. The van der Waals surface area contributed by atoms with Gasteiger partial charge in [0.2, 0.25) is 0 Å². The predicted molar refractivity (Wildman–Crippen MR) is 184 cm³/mol. The predicted octanol–water partition coefficient (Wildman–Crippen LogP) is 10.6. The maximum Gasteiger partial charge on any atom is 0.138 e. The molecule has 0 aliphatic heterocycles. The van der Waals surface area contributed by atoms with Gasteiger partial charge in [0.25, 0.3) is 0 Å². The van der Waals surface area contributed by atoms with E-state index in [9.17, 15) is 0 Å². The largest absolute Gasteiger partial charge is 0.309 e. The topological polar surface area (TPSA) is 22.8 Å². The Morgan fingerprint density at radius 1 is 0.364 bits per heavy atom. The molecule has 3 heteroatoms. The summed E-state index contributed by atoms with van der Waals surface area (Å²) in [6.45, 7) is 0. The van der Waals surface area contributed by atoms with Gasteiger partial charge in [-0.2, -0.15) is 0 Å². The van der Waals surface area contributed by atoms with Crippen LogP contribution < -0.4 is 0 Å². The van der Waals surface area contributed by atoms with Gasteiger partial charge in [-0.25, -0.2) is 4.98 Å². The van der Waals surface area contributed by atoms with Gasteiger partial charge >= 0.3 is 0 Å². The lowest BCUT2D eigenvalue weighted by Crippen LogP contribution is -2.00. The Kier molecular flexibility index (Phi) is 5.50. The molecule has 9 aromatic rings. The smallest absolute Gasteiger partial charge is 0.138 e. The first kappa shape index (κ1) is 24.6.